The average molecular weight is 422 g/mol. The summed E-state index contributed by atoms with van der Waals surface area (Å²) in [6.45, 7) is 3.69. The minimum Gasteiger partial charge on any atom is -0.350 e. The minimum atomic E-state index is -1.10. The summed E-state index contributed by atoms with van der Waals surface area (Å²) in [7, 11) is 0. The van der Waals surface area contributed by atoms with E-state index in [1.165, 1.54) is 24.3 Å². The Bertz CT molecular complexity index is 1270. The number of carbonyl (C=O) groups is 2. The van der Waals surface area contributed by atoms with Crippen molar-refractivity contribution in [3.63, 3.8) is 0 Å². The highest BCUT2D eigenvalue weighted by molar-refractivity contribution is 6.46. The molecule has 0 saturated heterocycles. The molecule has 0 aliphatic carbocycles. The molecule has 0 saturated carbocycles. The second kappa shape index (κ2) is 7.75. The smallest absolute Gasteiger partial charge is 0.282 e. The zero-order valence-electron chi connectivity index (χ0n) is 16.7. The predicted molar refractivity (Wildman–Crippen MR) is 112 cm³/mol. The van der Waals surface area contributed by atoms with Crippen molar-refractivity contribution in [3.8, 4) is 0 Å². The zero-order chi connectivity index (χ0) is 22.3. The van der Waals surface area contributed by atoms with Crippen LogP contribution in [0.2, 0.25) is 0 Å². The van der Waals surface area contributed by atoms with Gasteiger partial charge in [0.2, 0.25) is 0 Å². The first-order valence-electron chi connectivity index (χ1n) is 9.44. The Morgan fingerprint density at radius 3 is 2.26 bits per heavy atom. The molecule has 3 aromatic rings. The first-order valence-corrected chi connectivity index (χ1v) is 9.44. The number of carbonyl (C=O) groups excluding carboxylic acids is 2. The summed E-state index contributed by atoms with van der Waals surface area (Å²) in [5, 5.41) is 2.76. The maximum Gasteiger partial charge on any atom is 0.282 e. The fourth-order valence-corrected chi connectivity index (χ4v) is 3.56. The minimum absolute atomic E-state index is 0.0662. The van der Waals surface area contributed by atoms with Gasteiger partial charge in [0.1, 0.15) is 11.5 Å². The number of benzene rings is 3. The summed E-state index contributed by atoms with van der Waals surface area (Å²) < 4.78 is 40.8. The lowest BCUT2D eigenvalue weighted by molar-refractivity contribution is -0.120. The molecular formula is C24H17F3N2O2. The van der Waals surface area contributed by atoms with E-state index in [0.29, 0.717) is 5.56 Å². The van der Waals surface area contributed by atoms with Gasteiger partial charge in [-0.05, 0) is 55.3 Å². The van der Waals surface area contributed by atoms with Gasteiger partial charge in [0.05, 0.1) is 11.3 Å². The fourth-order valence-electron chi connectivity index (χ4n) is 3.56. The Kier molecular flexibility index (Phi) is 5.10. The summed E-state index contributed by atoms with van der Waals surface area (Å²) in [5.41, 5.74) is 2.35. The Balaban J connectivity index is 1.87. The van der Waals surface area contributed by atoms with E-state index in [9.17, 15) is 22.8 Å². The fraction of sp³-hybridized carbons (Fsp3) is 0.0833. The quantitative estimate of drug-likeness (QED) is 0.594. The van der Waals surface area contributed by atoms with Gasteiger partial charge in [0, 0.05) is 11.8 Å². The van der Waals surface area contributed by atoms with Crippen LogP contribution in [0.5, 0.6) is 0 Å². The van der Waals surface area contributed by atoms with Crippen LogP contribution < -0.4 is 10.2 Å². The lowest BCUT2D eigenvalue weighted by atomic mass is 9.97. The van der Waals surface area contributed by atoms with Gasteiger partial charge in [0.15, 0.2) is 11.6 Å². The number of rotatable bonds is 4. The molecule has 1 aliphatic rings. The van der Waals surface area contributed by atoms with Crippen LogP contribution >= 0.6 is 0 Å². The Labute approximate surface area is 176 Å². The van der Waals surface area contributed by atoms with Crippen molar-refractivity contribution >= 4 is 28.8 Å². The Hall–Kier alpha value is -3.87. The topological polar surface area (TPSA) is 49.4 Å². The SMILES string of the molecule is Cc1ccc(C2=C(Nc3ccc(F)c(F)c3)C(=O)N(c3cccc(F)c3)C2=O)c(C)c1. The number of nitrogens with one attached hydrogen (secondary N) is 1. The van der Waals surface area contributed by atoms with Crippen molar-refractivity contribution in [2.24, 2.45) is 0 Å². The third-order valence-electron chi connectivity index (χ3n) is 4.99. The third-order valence-corrected chi connectivity index (χ3v) is 4.99. The van der Waals surface area contributed by atoms with Gasteiger partial charge in [0.25, 0.3) is 11.8 Å². The molecule has 0 unspecified atom stereocenters. The molecular weight excluding hydrogens is 405 g/mol. The number of hydrogen-bond acceptors (Lipinski definition) is 3. The molecule has 31 heavy (non-hydrogen) atoms. The van der Waals surface area contributed by atoms with E-state index in [4.69, 9.17) is 0 Å². The van der Waals surface area contributed by atoms with E-state index in [1.807, 2.05) is 13.0 Å². The monoisotopic (exact) mass is 422 g/mol. The molecule has 0 spiro atoms. The number of amides is 2. The van der Waals surface area contributed by atoms with Crippen molar-refractivity contribution in [1.29, 1.82) is 0 Å². The van der Waals surface area contributed by atoms with Crippen LogP contribution in [0.15, 0.2) is 66.4 Å². The maximum atomic E-state index is 13.8. The summed E-state index contributed by atoms with van der Waals surface area (Å²) in [6, 6.07) is 13.6. The molecule has 156 valence electrons. The molecule has 1 N–H and O–H groups in total. The molecule has 2 amide bonds. The van der Waals surface area contributed by atoms with Crippen LogP contribution in [0.1, 0.15) is 16.7 Å². The predicted octanol–water partition coefficient (Wildman–Crippen LogP) is 5.12. The van der Waals surface area contributed by atoms with Crippen molar-refractivity contribution in [3.05, 3.63) is 101 Å². The number of hydrogen-bond donors (Lipinski definition) is 1. The normalized spacial score (nSPS) is 13.9. The summed E-state index contributed by atoms with van der Waals surface area (Å²) >= 11 is 0. The van der Waals surface area contributed by atoms with Crippen molar-refractivity contribution in [1.82, 2.24) is 0 Å². The standard InChI is InChI=1S/C24H17F3N2O2/c1-13-6-8-18(14(2)10-13)21-22(28-16-7-9-19(26)20(27)12-16)24(31)29(23(21)30)17-5-3-4-15(25)11-17/h3-12,28H,1-2H3. The number of nitrogens with zero attached hydrogens (tertiary/aromatic N) is 1. The van der Waals surface area contributed by atoms with Gasteiger partial charge in [-0.1, -0.05) is 29.8 Å². The molecule has 1 heterocycles. The molecule has 7 heteroatoms. The number of aryl methyl sites for hydroxylation is 2. The second-order valence-corrected chi connectivity index (χ2v) is 7.25. The molecule has 0 radical (unpaired) electrons. The van der Waals surface area contributed by atoms with Crippen LogP contribution in [-0.2, 0) is 9.59 Å². The highest BCUT2D eigenvalue weighted by Gasteiger charge is 2.40. The number of imide groups is 1. The Morgan fingerprint density at radius 1 is 0.806 bits per heavy atom. The van der Waals surface area contributed by atoms with Crippen LogP contribution in [0.3, 0.4) is 0 Å². The van der Waals surface area contributed by atoms with Gasteiger partial charge in [-0.15, -0.1) is 0 Å². The van der Waals surface area contributed by atoms with Crippen LogP contribution in [0, 0.1) is 31.3 Å². The molecule has 0 atom stereocenters. The molecule has 3 aromatic carbocycles. The van der Waals surface area contributed by atoms with Gasteiger partial charge in [-0.2, -0.15) is 0 Å². The van der Waals surface area contributed by atoms with Crippen LogP contribution in [-0.4, -0.2) is 11.8 Å². The van der Waals surface area contributed by atoms with Crippen LogP contribution in [0.4, 0.5) is 24.5 Å². The summed E-state index contributed by atoms with van der Waals surface area (Å²) in [4.78, 5) is 27.4. The van der Waals surface area contributed by atoms with Crippen molar-refractivity contribution in [2.45, 2.75) is 13.8 Å². The molecule has 4 nitrogen and oxygen atoms in total. The first kappa shape index (κ1) is 20.4. The number of halogens is 3. The van der Waals surface area contributed by atoms with E-state index in [-0.39, 0.29) is 22.6 Å². The van der Waals surface area contributed by atoms with Gasteiger partial charge in [-0.25, -0.2) is 18.1 Å². The van der Waals surface area contributed by atoms with Crippen molar-refractivity contribution < 1.29 is 22.8 Å². The molecule has 4 rings (SSSR count). The lowest BCUT2D eigenvalue weighted by Crippen LogP contribution is -2.32. The van der Waals surface area contributed by atoms with E-state index in [2.05, 4.69) is 5.32 Å². The van der Waals surface area contributed by atoms with E-state index in [1.54, 1.807) is 19.1 Å². The van der Waals surface area contributed by atoms with Gasteiger partial charge < -0.3 is 5.32 Å². The highest BCUT2D eigenvalue weighted by atomic mass is 19.2. The highest BCUT2D eigenvalue weighted by Crippen LogP contribution is 2.35. The second-order valence-electron chi connectivity index (χ2n) is 7.25. The van der Waals surface area contributed by atoms with Crippen molar-refractivity contribution in [2.75, 3.05) is 10.2 Å². The lowest BCUT2D eigenvalue weighted by Gasteiger charge is -2.15. The number of anilines is 2. The molecule has 0 fully saturated rings. The summed E-state index contributed by atoms with van der Waals surface area (Å²) in [6.07, 6.45) is 0. The zero-order valence-corrected chi connectivity index (χ0v) is 16.7. The first-order chi connectivity index (χ1) is 14.8. The Morgan fingerprint density at radius 2 is 1.58 bits per heavy atom. The van der Waals surface area contributed by atoms with E-state index in [0.717, 1.165) is 34.2 Å². The summed E-state index contributed by atoms with van der Waals surface area (Å²) in [5.74, 6) is -4.11. The molecule has 1 aliphatic heterocycles. The third kappa shape index (κ3) is 3.70. The molecule has 0 bridgehead atoms. The van der Waals surface area contributed by atoms with Gasteiger partial charge >= 0.3 is 0 Å². The van der Waals surface area contributed by atoms with E-state index < -0.39 is 29.3 Å². The average Bonchev–Trinajstić information content (AvgIpc) is 2.95. The van der Waals surface area contributed by atoms with E-state index >= 15 is 0 Å². The van der Waals surface area contributed by atoms with Gasteiger partial charge in [-0.3, -0.25) is 9.59 Å². The maximum absolute atomic E-state index is 13.8. The largest absolute Gasteiger partial charge is 0.350 e. The molecule has 0 aromatic heterocycles. The van der Waals surface area contributed by atoms with Crippen LogP contribution in [0.25, 0.3) is 5.57 Å².